The minimum atomic E-state index is -0.601. The SMILES string of the molecule is COc1cc2c(c(C(=O)c3ccccc3)c1)N(C(=O)OC(C)(C)C)CC2. The average Bonchev–Trinajstić information content (AvgIpc) is 3.03. The van der Waals surface area contributed by atoms with Crippen LogP contribution in [0.25, 0.3) is 0 Å². The summed E-state index contributed by atoms with van der Waals surface area (Å²) in [5, 5.41) is 0. The summed E-state index contributed by atoms with van der Waals surface area (Å²) in [6.45, 7) is 5.95. The quantitative estimate of drug-likeness (QED) is 0.775. The van der Waals surface area contributed by atoms with Gasteiger partial charge in [0.1, 0.15) is 11.4 Å². The van der Waals surface area contributed by atoms with Crippen molar-refractivity contribution in [2.75, 3.05) is 18.6 Å². The molecule has 1 heterocycles. The molecule has 0 unspecified atom stereocenters. The fourth-order valence-electron chi connectivity index (χ4n) is 3.05. The van der Waals surface area contributed by atoms with E-state index in [4.69, 9.17) is 9.47 Å². The normalized spacial score (nSPS) is 13.3. The topological polar surface area (TPSA) is 55.8 Å². The lowest BCUT2D eigenvalue weighted by molar-refractivity contribution is 0.0584. The van der Waals surface area contributed by atoms with E-state index in [9.17, 15) is 9.59 Å². The van der Waals surface area contributed by atoms with E-state index in [1.807, 2.05) is 45.0 Å². The molecule has 136 valence electrons. The summed E-state index contributed by atoms with van der Waals surface area (Å²) < 4.78 is 10.9. The third kappa shape index (κ3) is 3.57. The second kappa shape index (κ2) is 6.83. The Morgan fingerprint density at radius 1 is 1.08 bits per heavy atom. The summed E-state index contributed by atoms with van der Waals surface area (Å²) in [5.41, 5.74) is 1.95. The number of carbonyl (C=O) groups is 2. The summed E-state index contributed by atoms with van der Waals surface area (Å²) >= 11 is 0. The Balaban J connectivity index is 2.06. The summed E-state index contributed by atoms with van der Waals surface area (Å²) in [6, 6.07) is 12.6. The standard InChI is InChI=1S/C21H23NO4/c1-21(2,3)26-20(24)22-11-10-15-12-16(25-4)13-17(18(15)22)19(23)14-8-6-5-7-9-14/h5-9,12-13H,10-11H2,1-4H3. The van der Waals surface area contributed by atoms with Crippen molar-refractivity contribution in [3.05, 3.63) is 59.2 Å². The minimum Gasteiger partial charge on any atom is -0.497 e. The van der Waals surface area contributed by atoms with Gasteiger partial charge in [-0.2, -0.15) is 0 Å². The van der Waals surface area contributed by atoms with E-state index >= 15 is 0 Å². The van der Waals surface area contributed by atoms with Crippen molar-refractivity contribution < 1.29 is 19.1 Å². The van der Waals surface area contributed by atoms with Crippen molar-refractivity contribution in [2.24, 2.45) is 0 Å². The van der Waals surface area contributed by atoms with E-state index in [-0.39, 0.29) is 5.78 Å². The van der Waals surface area contributed by atoms with Gasteiger partial charge < -0.3 is 9.47 Å². The number of nitrogens with zero attached hydrogens (tertiary/aromatic N) is 1. The molecule has 5 nitrogen and oxygen atoms in total. The van der Waals surface area contributed by atoms with Gasteiger partial charge >= 0.3 is 6.09 Å². The highest BCUT2D eigenvalue weighted by Crippen LogP contribution is 2.37. The van der Waals surface area contributed by atoms with Gasteiger partial charge in [-0.15, -0.1) is 0 Å². The van der Waals surface area contributed by atoms with E-state index in [0.29, 0.717) is 35.5 Å². The van der Waals surface area contributed by atoms with Gasteiger partial charge in [-0.05, 0) is 44.9 Å². The lowest BCUT2D eigenvalue weighted by atomic mass is 9.98. The zero-order valence-electron chi connectivity index (χ0n) is 15.5. The van der Waals surface area contributed by atoms with E-state index in [1.54, 1.807) is 30.2 Å². The number of benzene rings is 2. The van der Waals surface area contributed by atoms with E-state index in [2.05, 4.69) is 0 Å². The molecule has 1 aliphatic rings. The number of ketones is 1. The third-order valence-electron chi connectivity index (χ3n) is 4.17. The molecule has 0 aromatic heterocycles. The van der Waals surface area contributed by atoms with Crippen LogP contribution in [0.1, 0.15) is 42.3 Å². The first-order chi connectivity index (χ1) is 12.3. The number of fused-ring (bicyclic) bond motifs is 1. The smallest absolute Gasteiger partial charge is 0.414 e. The van der Waals surface area contributed by atoms with Gasteiger partial charge in [-0.25, -0.2) is 4.79 Å². The predicted octanol–water partition coefficient (Wildman–Crippen LogP) is 4.22. The molecule has 0 spiro atoms. The largest absolute Gasteiger partial charge is 0.497 e. The lowest BCUT2D eigenvalue weighted by Crippen LogP contribution is -2.36. The molecule has 0 N–H and O–H groups in total. The molecule has 0 saturated heterocycles. The Kier molecular flexibility index (Phi) is 4.72. The van der Waals surface area contributed by atoms with Crippen LogP contribution in [0.3, 0.4) is 0 Å². The number of hydrogen-bond acceptors (Lipinski definition) is 4. The molecule has 5 heteroatoms. The van der Waals surface area contributed by atoms with E-state index in [0.717, 1.165) is 5.56 Å². The highest BCUT2D eigenvalue weighted by Gasteiger charge is 2.33. The van der Waals surface area contributed by atoms with Gasteiger partial charge in [0.2, 0.25) is 0 Å². The maximum Gasteiger partial charge on any atom is 0.414 e. The second-order valence-corrected chi connectivity index (χ2v) is 7.26. The van der Waals surface area contributed by atoms with Crippen LogP contribution in [0.4, 0.5) is 10.5 Å². The Morgan fingerprint density at radius 2 is 1.77 bits per heavy atom. The third-order valence-corrected chi connectivity index (χ3v) is 4.17. The monoisotopic (exact) mass is 353 g/mol. The molecule has 3 rings (SSSR count). The molecule has 26 heavy (non-hydrogen) atoms. The predicted molar refractivity (Wildman–Crippen MR) is 100 cm³/mol. The van der Waals surface area contributed by atoms with Crippen molar-refractivity contribution in [1.82, 2.24) is 0 Å². The van der Waals surface area contributed by atoms with Gasteiger partial charge in [0.15, 0.2) is 5.78 Å². The number of methoxy groups -OCH3 is 1. The first kappa shape index (κ1) is 18.0. The molecule has 0 aliphatic carbocycles. The lowest BCUT2D eigenvalue weighted by Gasteiger charge is -2.26. The van der Waals surface area contributed by atoms with Crippen LogP contribution >= 0.6 is 0 Å². The summed E-state index contributed by atoms with van der Waals surface area (Å²) in [6.07, 6.45) is 0.212. The number of amides is 1. The van der Waals surface area contributed by atoms with Crippen LogP contribution in [0.2, 0.25) is 0 Å². The summed E-state index contributed by atoms with van der Waals surface area (Å²) in [7, 11) is 1.57. The number of carbonyl (C=O) groups excluding carboxylic acids is 2. The minimum absolute atomic E-state index is 0.142. The Labute approximate surface area is 153 Å². The van der Waals surface area contributed by atoms with Gasteiger partial charge in [-0.3, -0.25) is 9.69 Å². The van der Waals surface area contributed by atoms with Crippen LogP contribution in [-0.2, 0) is 11.2 Å². The maximum atomic E-state index is 13.1. The first-order valence-electron chi connectivity index (χ1n) is 8.61. The van der Waals surface area contributed by atoms with Crippen LogP contribution in [-0.4, -0.2) is 31.1 Å². The number of hydrogen-bond donors (Lipinski definition) is 0. The maximum absolute atomic E-state index is 13.1. The van der Waals surface area contributed by atoms with Gasteiger partial charge in [0, 0.05) is 12.1 Å². The fraction of sp³-hybridized carbons (Fsp3) is 0.333. The molecule has 1 amide bonds. The second-order valence-electron chi connectivity index (χ2n) is 7.26. The Bertz CT molecular complexity index is 837. The van der Waals surface area contributed by atoms with Crippen molar-refractivity contribution >= 4 is 17.6 Å². The molecular weight excluding hydrogens is 330 g/mol. The molecule has 2 aromatic rings. The Hall–Kier alpha value is -2.82. The zero-order valence-corrected chi connectivity index (χ0v) is 15.5. The molecule has 0 fully saturated rings. The van der Waals surface area contributed by atoms with Gasteiger partial charge in [-0.1, -0.05) is 30.3 Å². The van der Waals surface area contributed by atoms with Gasteiger partial charge in [0.05, 0.1) is 18.4 Å². The van der Waals surface area contributed by atoms with Crippen molar-refractivity contribution in [3.63, 3.8) is 0 Å². The molecule has 0 bridgehead atoms. The highest BCUT2D eigenvalue weighted by molar-refractivity contribution is 6.15. The summed E-state index contributed by atoms with van der Waals surface area (Å²) in [5.74, 6) is 0.463. The number of anilines is 1. The fourth-order valence-corrected chi connectivity index (χ4v) is 3.05. The van der Waals surface area contributed by atoms with Crippen molar-refractivity contribution in [1.29, 1.82) is 0 Å². The first-order valence-corrected chi connectivity index (χ1v) is 8.61. The van der Waals surface area contributed by atoms with Crippen molar-refractivity contribution in [3.8, 4) is 5.75 Å². The van der Waals surface area contributed by atoms with E-state index in [1.165, 1.54) is 0 Å². The molecule has 2 aromatic carbocycles. The molecule has 0 radical (unpaired) electrons. The molecule has 0 atom stereocenters. The average molecular weight is 353 g/mol. The van der Waals surface area contributed by atoms with Crippen LogP contribution in [0.5, 0.6) is 5.75 Å². The van der Waals surface area contributed by atoms with Crippen LogP contribution < -0.4 is 9.64 Å². The highest BCUT2D eigenvalue weighted by atomic mass is 16.6. The van der Waals surface area contributed by atoms with Crippen molar-refractivity contribution in [2.45, 2.75) is 32.8 Å². The molecular formula is C21H23NO4. The van der Waals surface area contributed by atoms with E-state index < -0.39 is 11.7 Å². The van der Waals surface area contributed by atoms with Crippen LogP contribution in [0.15, 0.2) is 42.5 Å². The summed E-state index contributed by atoms with van der Waals surface area (Å²) in [4.78, 5) is 27.3. The Morgan fingerprint density at radius 3 is 2.38 bits per heavy atom. The number of rotatable bonds is 3. The number of ether oxygens (including phenoxy) is 2. The van der Waals surface area contributed by atoms with Crippen LogP contribution in [0, 0.1) is 0 Å². The molecule has 0 saturated carbocycles. The van der Waals surface area contributed by atoms with Gasteiger partial charge in [0.25, 0.3) is 0 Å². The molecule has 1 aliphatic heterocycles. The zero-order chi connectivity index (χ0) is 18.9.